The van der Waals surface area contributed by atoms with Crippen molar-refractivity contribution in [2.24, 2.45) is 5.41 Å². The molecule has 1 atom stereocenters. The molecule has 3 rings (SSSR count). The van der Waals surface area contributed by atoms with Crippen molar-refractivity contribution < 1.29 is 14.6 Å². The summed E-state index contributed by atoms with van der Waals surface area (Å²) in [6, 6.07) is 5.83. The summed E-state index contributed by atoms with van der Waals surface area (Å²) in [6.45, 7) is 5.45. The number of rotatable bonds is 1. The van der Waals surface area contributed by atoms with Crippen LogP contribution >= 0.6 is 0 Å². The molecule has 0 bridgehead atoms. The van der Waals surface area contributed by atoms with Crippen molar-refractivity contribution in [1.82, 2.24) is 0 Å². The average molecular weight is 248 g/mol. The molecule has 3 heteroatoms. The van der Waals surface area contributed by atoms with Gasteiger partial charge < -0.3 is 14.6 Å². The van der Waals surface area contributed by atoms with Gasteiger partial charge in [-0.1, -0.05) is 19.9 Å². The van der Waals surface area contributed by atoms with Crippen LogP contribution in [-0.2, 0) is 5.60 Å². The van der Waals surface area contributed by atoms with Gasteiger partial charge in [0.15, 0.2) is 11.5 Å². The van der Waals surface area contributed by atoms with E-state index in [9.17, 15) is 5.11 Å². The highest BCUT2D eigenvalue weighted by Crippen LogP contribution is 2.53. The van der Waals surface area contributed by atoms with Crippen molar-refractivity contribution in [2.45, 2.75) is 38.7 Å². The molecule has 0 saturated heterocycles. The molecule has 0 spiro atoms. The first-order chi connectivity index (χ1) is 8.53. The first-order valence-electron chi connectivity index (χ1n) is 6.65. The molecule has 0 aromatic heterocycles. The Balaban J connectivity index is 2.02. The summed E-state index contributed by atoms with van der Waals surface area (Å²) in [6.07, 6.45) is 2.94. The molecule has 1 aliphatic carbocycles. The fraction of sp³-hybridized carbons (Fsp3) is 0.600. The molecule has 3 nitrogen and oxygen atoms in total. The van der Waals surface area contributed by atoms with Gasteiger partial charge in [0.05, 0.1) is 5.60 Å². The van der Waals surface area contributed by atoms with E-state index in [-0.39, 0.29) is 5.41 Å². The van der Waals surface area contributed by atoms with Crippen LogP contribution in [0.5, 0.6) is 11.5 Å². The van der Waals surface area contributed by atoms with E-state index in [1.807, 2.05) is 18.2 Å². The first-order valence-corrected chi connectivity index (χ1v) is 6.65. The van der Waals surface area contributed by atoms with Crippen molar-refractivity contribution >= 4 is 0 Å². The minimum atomic E-state index is -0.747. The van der Waals surface area contributed by atoms with E-state index in [1.54, 1.807) is 0 Å². The highest BCUT2D eigenvalue weighted by molar-refractivity contribution is 5.46. The van der Waals surface area contributed by atoms with Gasteiger partial charge in [-0.05, 0) is 42.4 Å². The zero-order chi connectivity index (χ0) is 12.8. The maximum Gasteiger partial charge on any atom is 0.161 e. The van der Waals surface area contributed by atoms with Gasteiger partial charge in [0.2, 0.25) is 0 Å². The van der Waals surface area contributed by atoms with Gasteiger partial charge in [-0.2, -0.15) is 0 Å². The number of benzene rings is 1. The highest BCUT2D eigenvalue weighted by Gasteiger charge is 2.48. The van der Waals surface area contributed by atoms with Gasteiger partial charge in [0.25, 0.3) is 0 Å². The normalized spacial score (nSPS) is 29.3. The minimum Gasteiger partial charge on any atom is -0.486 e. The summed E-state index contributed by atoms with van der Waals surface area (Å²) in [4.78, 5) is 0. The van der Waals surface area contributed by atoms with Crippen LogP contribution in [-0.4, -0.2) is 18.3 Å². The van der Waals surface area contributed by atoms with E-state index < -0.39 is 5.60 Å². The standard InChI is InChI=1S/C15H20O3/c1-14(2)6-3-7-15(14,16)11-4-5-12-13(10-11)18-9-8-17-12/h4-5,10,16H,3,6-9H2,1-2H3. The first kappa shape index (κ1) is 11.8. The second-order valence-corrected chi connectivity index (χ2v) is 5.96. The summed E-state index contributed by atoms with van der Waals surface area (Å²) in [7, 11) is 0. The monoisotopic (exact) mass is 248 g/mol. The Morgan fingerprint density at radius 3 is 2.44 bits per heavy atom. The molecule has 0 radical (unpaired) electrons. The number of hydrogen-bond acceptors (Lipinski definition) is 3. The van der Waals surface area contributed by atoms with Crippen LogP contribution < -0.4 is 9.47 Å². The molecule has 1 aliphatic heterocycles. The van der Waals surface area contributed by atoms with E-state index in [4.69, 9.17) is 9.47 Å². The molecular formula is C15H20O3. The smallest absolute Gasteiger partial charge is 0.161 e. The Hall–Kier alpha value is -1.22. The van der Waals surface area contributed by atoms with E-state index >= 15 is 0 Å². The molecule has 1 N–H and O–H groups in total. The lowest BCUT2D eigenvalue weighted by Crippen LogP contribution is -2.37. The largest absolute Gasteiger partial charge is 0.486 e. The summed E-state index contributed by atoms with van der Waals surface area (Å²) in [5, 5.41) is 11.0. The maximum absolute atomic E-state index is 11.0. The van der Waals surface area contributed by atoms with Crippen molar-refractivity contribution in [3.63, 3.8) is 0 Å². The topological polar surface area (TPSA) is 38.7 Å². The highest BCUT2D eigenvalue weighted by atomic mass is 16.6. The Bertz CT molecular complexity index is 467. The van der Waals surface area contributed by atoms with Gasteiger partial charge in [-0.3, -0.25) is 0 Å². The summed E-state index contributed by atoms with van der Waals surface area (Å²) in [5.74, 6) is 1.54. The van der Waals surface area contributed by atoms with Crippen molar-refractivity contribution in [1.29, 1.82) is 0 Å². The van der Waals surface area contributed by atoms with Gasteiger partial charge in [-0.25, -0.2) is 0 Å². The zero-order valence-corrected chi connectivity index (χ0v) is 11.0. The Morgan fingerprint density at radius 2 is 1.78 bits per heavy atom. The van der Waals surface area contributed by atoms with E-state index in [0.717, 1.165) is 36.3 Å². The molecule has 1 unspecified atom stereocenters. The third-order valence-corrected chi connectivity index (χ3v) is 4.48. The molecule has 1 aromatic carbocycles. The van der Waals surface area contributed by atoms with Crippen LogP contribution in [0.4, 0.5) is 0 Å². The van der Waals surface area contributed by atoms with Crippen LogP contribution in [0.3, 0.4) is 0 Å². The lowest BCUT2D eigenvalue weighted by Gasteiger charge is -2.37. The summed E-state index contributed by atoms with van der Waals surface area (Å²) < 4.78 is 11.1. The fourth-order valence-corrected chi connectivity index (χ4v) is 3.17. The number of ether oxygens (including phenoxy) is 2. The number of hydrogen-bond donors (Lipinski definition) is 1. The molecule has 2 aliphatic rings. The van der Waals surface area contributed by atoms with Crippen molar-refractivity contribution in [3.8, 4) is 11.5 Å². The third kappa shape index (κ3) is 1.61. The summed E-state index contributed by atoms with van der Waals surface area (Å²) >= 11 is 0. The Kier molecular flexibility index (Phi) is 2.56. The zero-order valence-electron chi connectivity index (χ0n) is 11.0. The maximum atomic E-state index is 11.0. The lowest BCUT2D eigenvalue weighted by atomic mass is 9.73. The van der Waals surface area contributed by atoms with Gasteiger partial charge in [0, 0.05) is 0 Å². The van der Waals surface area contributed by atoms with Crippen LogP contribution in [0, 0.1) is 5.41 Å². The second kappa shape index (κ2) is 3.89. The molecule has 0 amide bonds. The predicted molar refractivity (Wildman–Crippen MR) is 69.0 cm³/mol. The van der Waals surface area contributed by atoms with Gasteiger partial charge in [-0.15, -0.1) is 0 Å². The van der Waals surface area contributed by atoms with Gasteiger partial charge >= 0.3 is 0 Å². The number of fused-ring (bicyclic) bond motifs is 1. The van der Waals surface area contributed by atoms with Crippen molar-refractivity contribution in [2.75, 3.05) is 13.2 Å². The van der Waals surface area contributed by atoms with Crippen LogP contribution in [0.25, 0.3) is 0 Å². The van der Waals surface area contributed by atoms with E-state index in [0.29, 0.717) is 13.2 Å². The fourth-order valence-electron chi connectivity index (χ4n) is 3.17. The van der Waals surface area contributed by atoms with Crippen LogP contribution in [0.2, 0.25) is 0 Å². The SMILES string of the molecule is CC1(C)CCCC1(O)c1ccc2c(c1)OCCO2. The lowest BCUT2D eigenvalue weighted by molar-refractivity contribution is -0.0487. The molecule has 1 heterocycles. The predicted octanol–water partition coefficient (Wildman–Crippen LogP) is 2.86. The molecule has 1 saturated carbocycles. The molecule has 98 valence electrons. The third-order valence-electron chi connectivity index (χ3n) is 4.48. The Morgan fingerprint density at radius 1 is 1.06 bits per heavy atom. The molecule has 1 aromatic rings. The van der Waals surface area contributed by atoms with E-state index in [1.165, 1.54) is 0 Å². The molecular weight excluding hydrogens is 228 g/mol. The van der Waals surface area contributed by atoms with Crippen molar-refractivity contribution in [3.05, 3.63) is 23.8 Å². The minimum absolute atomic E-state index is 0.0865. The molecule has 1 fully saturated rings. The number of aliphatic hydroxyl groups is 1. The molecule has 18 heavy (non-hydrogen) atoms. The quantitative estimate of drug-likeness (QED) is 0.830. The van der Waals surface area contributed by atoms with Crippen LogP contribution in [0.15, 0.2) is 18.2 Å². The Labute approximate surface area is 108 Å². The average Bonchev–Trinajstić information content (AvgIpc) is 2.64. The van der Waals surface area contributed by atoms with Crippen LogP contribution in [0.1, 0.15) is 38.7 Å². The van der Waals surface area contributed by atoms with Gasteiger partial charge in [0.1, 0.15) is 13.2 Å². The van der Waals surface area contributed by atoms with E-state index in [2.05, 4.69) is 13.8 Å². The summed E-state index contributed by atoms with van der Waals surface area (Å²) in [5.41, 5.74) is 0.119. The second-order valence-electron chi connectivity index (χ2n) is 5.96.